The zero-order valence-electron chi connectivity index (χ0n) is 8.80. The molecule has 0 saturated heterocycles. The highest BCUT2D eigenvalue weighted by atomic mass is 17.1. The molecule has 1 aromatic rings. The Bertz CT molecular complexity index is 315. The number of hydrogen-bond donors (Lipinski definition) is 4. The first-order valence-electron chi connectivity index (χ1n) is 4.67. The normalized spacial score (nSPS) is 8.94. The number of aliphatic carboxylic acids is 1. The van der Waals surface area contributed by atoms with Gasteiger partial charge in [-0.25, -0.2) is 5.26 Å². The van der Waals surface area contributed by atoms with Crippen LogP contribution in [0.1, 0.15) is 5.56 Å². The van der Waals surface area contributed by atoms with Gasteiger partial charge in [-0.1, -0.05) is 18.2 Å². The zero-order chi connectivity index (χ0) is 12.4. The monoisotopic (exact) mass is 228 g/mol. The van der Waals surface area contributed by atoms with E-state index in [4.69, 9.17) is 21.8 Å². The summed E-state index contributed by atoms with van der Waals surface area (Å²) in [7, 11) is 0. The highest BCUT2D eigenvalue weighted by Crippen LogP contribution is 2.17. The number of rotatable bonds is 4. The number of benzene rings is 1. The fourth-order valence-electron chi connectivity index (χ4n) is 0.902. The topological polar surface area (TPSA) is 119 Å². The molecule has 0 aromatic heterocycles. The van der Waals surface area contributed by atoms with Crippen molar-refractivity contribution in [3.63, 3.8) is 0 Å². The van der Waals surface area contributed by atoms with E-state index >= 15 is 0 Å². The average molecular weight is 228 g/mol. The van der Waals surface area contributed by atoms with Crippen LogP contribution in [-0.4, -0.2) is 29.4 Å². The molecule has 0 unspecified atom stereocenters. The maximum atomic E-state index is 10.3. The Hall–Kier alpha value is -1.63. The quantitative estimate of drug-likeness (QED) is 0.427. The SMILES string of the molecule is NCCN.O=C(O)Cc1ccccc1OO. The van der Waals surface area contributed by atoms with Crippen LogP contribution in [0.2, 0.25) is 0 Å². The van der Waals surface area contributed by atoms with E-state index in [0.717, 1.165) is 0 Å². The van der Waals surface area contributed by atoms with Gasteiger partial charge in [0.05, 0.1) is 6.42 Å². The van der Waals surface area contributed by atoms with Crippen LogP contribution >= 0.6 is 0 Å². The molecule has 0 aliphatic rings. The minimum absolute atomic E-state index is 0.156. The lowest BCUT2D eigenvalue weighted by Gasteiger charge is -2.01. The van der Waals surface area contributed by atoms with E-state index in [0.29, 0.717) is 18.7 Å². The first-order chi connectivity index (χ1) is 7.65. The lowest BCUT2D eigenvalue weighted by Crippen LogP contribution is -2.11. The van der Waals surface area contributed by atoms with Gasteiger partial charge in [0.1, 0.15) is 0 Å². The van der Waals surface area contributed by atoms with Crippen LogP contribution < -0.4 is 16.4 Å². The number of para-hydroxylation sites is 1. The maximum absolute atomic E-state index is 10.3. The van der Waals surface area contributed by atoms with Gasteiger partial charge in [0.2, 0.25) is 0 Å². The third-order valence-electron chi connectivity index (χ3n) is 1.58. The van der Waals surface area contributed by atoms with Gasteiger partial charge in [-0.15, -0.1) is 0 Å². The molecule has 1 rings (SSSR count). The van der Waals surface area contributed by atoms with Gasteiger partial charge in [0.15, 0.2) is 5.75 Å². The van der Waals surface area contributed by atoms with Gasteiger partial charge in [0.25, 0.3) is 0 Å². The summed E-state index contributed by atoms with van der Waals surface area (Å²) in [4.78, 5) is 14.3. The number of hydrogen-bond acceptors (Lipinski definition) is 5. The van der Waals surface area contributed by atoms with Crippen molar-refractivity contribution in [3.8, 4) is 5.75 Å². The summed E-state index contributed by atoms with van der Waals surface area (Å²) in [5, 5.41) is 16.8. The molecule has 0 aliphatic heterocycles. The average Bonchev–Trinajstić information content (AvgIpc) is 2.29. The van der Waals surface area contributed by atoms with Crippen LogP contribution in [0.3, 0.4) is 0 Å². The molecule has 0 saturated carbocycles. The smallest absolute Gasteiger partial charge is 0.307 e. The standard InChI is InChI=1S/C8H8O4.C2H8N2/c9-8(10)5-6-3-1-2-4-7(6)12-11;3-1-2-4/h1-4,11H,5H2,(H,9,10);1-4H2. The molecule has 0 atom stereocenters. The second-order valence-corrected chi connectivity index (χ2v) is 2.85. The fourth-order valence-corrected chi connectivity index (χ4v) is 0.902. The van der Waals surface area contributed by atoms with Gasteiger partial charge in [-0.3, -0.25) is 4.79 Å². The van der Waals surface area contributed by atoms with Crippen LogP contribution in [0.25, 0.3) is 0 Å². The van der Waals surface area contributed by atoms with Gasteiger partial charge < -0.3 is 21.5 Å². The van der Waals surface area contributed by atoms with Gasteiger partial charge in [-0.2, -0.15) is 0 Å². The number of nitrogens with two attached hydrogens (primary N) is 2. The first kappa shape index (κ1) is 14.4. The van der Waals surface area contributed by atoms with Crippen LogP contribution in [0.4, 0.5) is 0 Å². The van der Waals surface area contributed by atoms with Crippen molar-refractivity contribution in [2.45, 2.75) is 6.42 Å². The van der Waals surface area contributed by atoms with Crippen LogP contribution in [-0.2, 0) is 11.2 Å². The molecule has 6 nitrogen and oxygen atoms in total. The molecule has 90 valence electrons. The molecule has 16 heavy (non-hydrogen) atoms. The van der Waals surface area contributed by atoms with Crippen LogP contribution in [0.15, 0.2) is 24.3 Å². The summed E-state index contributed by atoms with van der Waals surface area (Å²) in [6, 6.07) is 6.41. The minimum Gasteiger partial charge on any atom is -0.481 e. The van der Waals surface area contributed by atoms with E-state index in [1.807, 2.05) is 0 Å². The first-order valence-corrected chi connectivity index (χ1v) is 4.67. The van der Waals surface area contributed by atoms with Crippen molar-refractivity contribution in [3.05, 3.63) is 29.8 Å². The summed E-state index contributed by atoms with van der Waals surface area (Å²) in [5.41, 5.74) is 10.3. The van der Waals surface area contributed by atoms with Crippen molar-refractivity contribution in [2.75, 3.05) is 13.1 Å². The molecular formula is C10H16N2O4. The predicted octanol–water partition coefficient (Wildman–Crippen LogP) is 0.0693. The van der Waals surface area contributed by atoms with E-state index in [9.17, 15) is 4.79 Å². The van der Waals surface area contributed by atoms with E-state index in [1.54, 1.807) is 18.2 Å². The molecule has 0 aliphatic carbocycles. The molecular weight excluding hydrogens is 212 g/mol. The molecule has 0 amide bonds. The number of carbonyl (C=O) groups is 1. The summed E-state index contributed by atoms with van der Waals surface area (Å²) >= 11 is 0. The maximum Gasteiger partial charge on any atom is 0.307 e. The van der Waals surface area contributed by atoms with Gasteiger partial charge >= 0.3 is 5.97 Å². The Labute approximate surface area is 93.4 Å². The fraction of sp³-hybridized carbons (Fsp3) is 0.300. The third-order valence-corrected chi connectivity index (χ3v) is 1.58. The Morgan fingerprint density at radius 3 is 2.25 bits per heavy atom. The Morgan fingerprint density at radius 2 is 1.81 bits per heavy atom. The molecule has 6 heteroatoms. The Kier molecular flexibility index (Phi) is 7.78. The minimum atomic E-state index is -0.959. The molecule has 1 aromatic carbocycles. The van der Waals surface area contributed by atoms with Crippen molar-refractivity contribution in [1.29, 1.82) is 0 Å². The van der Waals surface area contributed by atoms with Crippen molar-refractivity contribution >= 4 is 5.97 Å². The lowest BCUT2D eigenvalue weighted by molar-refractivity contribution is -0.140. The Morgan fingerprint density at radius 1 is 1.25 bits per heavy atom. The highest BCUT2D eigenvalue weighted by molar-refractivity contribution is 5.71. The summed E-state index contributed by atoms with van der Waals surface area (Å²) < 4.78 is 0. The summed E-state index contributed by atoms with van der Waals surface area (Å²) in [6.45, 7) is 1.19. The van der Waals surface area contributed by atoms with E-state index in [-0.39, 0.29) is 12.2 Å². The lowest BCUT2D eigenvalue weighted by atomic mass is 10.1. The van der Waals surface area contributed by atoms with E-state index in [2.05, 4.69) is 4.89 Å². The largest absolute Gasteiger partial charge is 0.481 e. The van der Waals surface area contributed by atoms with Gasteiger partial charge in [0, 0.05) is 18.7 Å². The third kappa shape index (κ3) is 5.97. The highest BCUT2D eigenvalue weighted by Gasteiger charge is 2.06. The molecule has 0 heterocycles. The summed E-state index contributed by atoms with van der Waals surface area (Å²) in [5.74, 6) is -0.778. The van der Waals surface area contributed by atoms with Crippen LogP contribution in [0.5, 0.6) is 5.75 Å². The van der Waals surface area contributed by atoms with Crippen molar-refractivity contribution < 1.29 is 20.0 Å². The summed E-state index contributed by atoms with van der Waals surface area (Å²) in [6.07, 6.45) is -0.156. The number of carboxylic acids is 1. The molecule has 0 bridgehead atoms. The molecule has 6 N–H and O–H groups in total. The van der Waals surface area contributed by atoms with E-state index < -0.39 is 5.97 Å². The van der Waals surface area contributed by atoms with Crippen molar-refractivity contribution in [2.24, 2.45) is 11.5 Å². The second kappa shape index (κ2) is 8.66. The Balaban J connectivity index is 0.000000487. The second-order valence-electron chi connectivity index (χ2n) is 2.85. The molecule has 0 radical (unpaired) electrons. The number of carboxylic acid groups (broad SMARTS) is 1. The zero-order valence-corrected chi connectivity index (χ0v) is 8.80. The predicted molar refractivity (Wildman–Crippen MR) is 59.1 cm³/mol. The molecule has 0 fully saturated rings. The molecule has 0 spiro atoms. The van der Waals surface area contributed by atoms with Crippen LogP contribution in [0, 0.1) is 0 Å². The van der Waals surface area contributed by atoms with E-state index in [1.165, 1.54) is 6.07 Å². The van der Waals surface area contributed by atoms with Crippen molar-refractivity contribution in [1.82, 2.24) is 0 Å². The van der Waals surface area contributed by atoms with Gasteiger partial charge in [-0.05, 0) is 6.07 Å².